The van der Waals surface area contributed by atoms with Gasteiger partial charge in [0, 0.05) is 65.1 Å². The molecule has 17 nitrogen and oxygen atoms in total. The lowest BCUT2D eigenvalue weighted by molar-refractivity contribution is -0.221. The van der Waals surface area contributed by atoms with Gasteiger partial charge in [-0.15, -0.1) is 0 Å². The number of piperazine rings is 1. The largest absolute Gasteiger partial charge is 0.416 e. The van der Waals surface area contributed by atoms with E-state index in [9.17, 15) is 41.1 Å². The molecule has 344 valence electrons. The molecule has 1 aliphatic carbocycles. The van der Waals surface area contributed by atoms with Crippen molar-refractivity contribution in [3.63, 3.8) is 0 Å². The fraction of sp³-hybridized carbons (Fsp3) is 0.512. The Bertz CT molecular complexity index is 2740. The second-order valence-electron chi connectivity index (χ2n) is 17.0. The molecule has 4 fully saturated rings. The third-order valence-electron chi connectivity index (χ3n) is 12.9. The number of hydrogen-bond acceptors (Lipinski definition) is 11. The molecule has 9 rings (SSSR count). The molecular formula is C43H47F5N12O5. The highest BCUT2D eigenvalue weighted by atomic mass is 19.4. The van der Waals surface area contributed by atoms with Crippen molar-refractivity contribution < 1.29 is 41.1 Å². The summed E-state index contributed by atoms with van der Waals surface area (Å²) in [5, 5.41) is 13.2. The average molecular weight is 907 g/mol. The van der Waals surface area contributed by atoms with Gasteiger partial charge in [-0.3, -0.25) is 38.4 Å². The maximum Gasteiger partial charge on any atom is 0.416 e. The van der Waals surface area contributed by atoms with Gasteiger partial charge in [0.15, 0.2) is 17.4 Å². The smallest absolute Gasteiger partial charge is 0.365 e. The number of nitrogens with zero attached hydrogens (tertiary/aromatic N) is 10. The van der Waals surface area contributed by atoms with Gasteiger partial charge in [-0.25, -0.2) is 23.1 Å². The van der Waals surface area contributed by atoms with Crippen LogP contribution in [0.2, 0.25) is 0 Å². The van der Waals surface area contributed by atoms with E-state index in [1.165, 1.54) is 47.9 Å². The molecule has 3 amide bonds. The predicted octanol–water partition coefficient (Wildman–Crippen LogP) is 3.91. The number of imide groups is 1. The van der Waals surface area contributed by atoms with E-state index in [2.05, 4.69) is 47.5 Å². The lowest BCUT2D eigenvalue weighted by Crippen LogP contribution is -2.49. The van der Waals surface area contributed by atoms with Crippen LogP contribution in [0.3, 0.4) is 0 Å². The van der Waals surface area contributed by atoms with Gasteiger partial charge in [0.1, 0.15) is 17.4 Å². The number of para-hydroxylation sites is 1. The second kappa shape index (κ2) is 18.0. The molecule has 4 aliphatic rings. The van der Waals surface area contributed by atoms with E-state index in [1.54, 1.807) is 13.1 Å². The maximum atomic E-state index is 14.3. The maximum absolute atomic E-state index is 14.3. The number of halogens is 5. The number of nitrogens with one attached hydrogen (secondary N) is 2. The number of rotatable bonds is 9. The topological polar surface area (TPSA) is 169 Å². The Hall–Kier alpha value is -6.18. The number of ether oxygens (including phenoxy) is 1. The van der Waals surface area contributed by atoms with Crippen LogP contribution in [-0.4, -0.2) is 132 Å². The quantitative estimate of drug-likeness (QED) is 0.125. The third-order valence-corrected chi connectivity index (χ3v) is 12.9. The molecular weight excluding hydrogens is 860 g/mol. The first kappa shape index (κ1) is 44.0. The molecule has 2 unspecified atom stereocenters. The number of aromatic nitrogens is 7. The van der Waals surface area contributed by atoms with Crippen LogP contribution in [0.15, 0.2) is 47.7 Å². The van der Waals surface area contributed by atoms with Crippen molar-refractivity contribution in [3.8, 4) is 11.8 Å². The van der Waals surface area contributed by atoms with Gasteiger partial charge in [-0.2, -0.15) is 23.4 Å². The van der Waals surface area contributed by atoms with Crippen LogP contribution >= 0.6 is 0 Å². The summed E-state index contributed by atoms with van der Waals surface area (Å²) in [6, 6.07) is 6.03. The van der Waals surface area contributed by atoms with Crippen LogP contribution in [0.1, 0.15) is 78.6 Å². The summed E-state index contributed by atoms with van der Waals surface area (Å²) in [4.78, 5) is 61.7. The third kappa shape index (κ3) is 9.09. The van der Waals surface area contributed by atoms with Gasteiger partial charge in [0.2, 0.25) is 11.8 Å². The molecule has 0 spiro atoms. The number of anilines is 2. The van der Waals surface area contributed by atoms with E-state index in [4.69, 9.17) is 4.74 Å². The Morgan fingerprint density at radius 2 is 1.78 bits per heavy atom. The number of aryl methyl sites for hydroxylation is 1. The first-order valence-electron chi connectivity index (χ1n) is 21.6. The lowest BCUT2D eigenvalue weighted by Gasteiger charge is -2.37. The van der Waals surface area contributed by atoms with Crippen LogP contribution in [0.25, 0.3) is 16.7 Å². The SMILES string of the molecule is Cn1c(=O)n(C2CCC(=O)NC2=O)c2cccc(C#CCN3CCN(C[C@H]4CC[C@H](n5cc(NC(=O)c6cnn7ccc(N8CCOC(C(F)(F)F)C8)nc67)c(C(F)F)n5)CC4)CC3)c21. The minimum Gasteiger partial charge on any atom is -0.365 e. The molecule has 2 N–H and O–H groups in total. The Kier molecular flexibility index (Phi) is 12.2. The molecule has 1 saturated carbocycles. The molecule has 4 aromatic heterocycles. The van der Waals surface area contributed by atoms with Crippen LogP contribution < -0.4 is 21.2 Å². The van der Waals surface area contributed by atoms with Crippen molar-refractivity contribution in [1.82, 2.24) is 48.6 Å². The number of benzene rings is 1. The van der Waals surface area contributed by atoms with Gasteiger partial charge in [-0.05, 0) is 56.2 Å². The zero-order valence-electron chi connectivity index (χ0n) is 35.4. The zero-order valence-corrected chi connectivity index (χ0v) is 35.4. The van der Waals surface area contributed by atoms with E-state index in [0.717, 1.165) is 58.4 Å². The first-order chi connectivity index (χ1) is 31.2. The molecule has 0 radical (unpaired) electrons. The molecule has 3 saturated heterocycles. The summed E-state index contributed by atoms with van der Waals surface area (Å²) >= 11 is 0. The van der Waals surface area contributed by atoms with Crippen molar-refractivity contribution >= 4 is 45.9 Å². The number of fused-ring (bicyclic) bond motifs is 2. The minimum atomic E-state index is -4.56. The van der Waals surface area contributed by atoms with Crippen molar-refractivity contribution in [2.75, 3.05) is 69.2 Å². The van der Waals surface area contributed by atoms with Crippen LogP contribution in [0.4, 0.5) is 33.5 Å². The van der Waals surface area contributed by atoms with Crippen molar-refractivity contribution in [1.29, 1.82) is 0 Å². The Morgan fingerprint density at radius 1 is 1.02 bits per heavy atom. The molecule has 5 aromatic rings. The highest BCUT2D eigenvalue weighted by Crippen LogP contribution is 2.36. The van der Waals surface area contributed by atoms with Crippen LogP contribution in [-0.2, 0) is 21.4 Å². The molecule has 7 heterocycles. The van der Waals surface area contributed by atoms with E-state index >= 15 is 0 Å². The Labute approximate surface area is 368 Å². The lowest BCUT2D eigenvalue weighted by atomic mass is 9.85. The number of carbonyl (C=O) groups excluding carboxylic acids is 3. The monoisotopic (exact) mass is 906 g/mol. The number of imidazole rings is 1. The number of hydrogen-bond donors (Lipinski definition) is 2. The Balaban J connectivity index is 0.770. The molecule has 1 aromatic carbocycles. The van der Waals surface area contributed by atoms with Gasteiger partial charge >= 0.3 is 11.9 Å². The Morgan fingerprint density at radius 3 is 2.52 bits per heavy atom. The summed E-state index contributed by atoms with van der Waals surface area (Å²) in [5.41, 5.74) is 0.875. The fourth-order valence-electron chi connectivity index (χ4n) is 9.39. The average Bonchev–Trinajstić information content (AvgIpc) is 3.98. The van der Waals surface area contributed by atoms with Crippen molar-refractivity contribution in [3.05, 3.63) is 70.2 Å². The number of morpholine rings is 1. The number of alkyl halides is 5. The summed E-state index contributed by atoms with van der Waals surface area (Å²) in [6.07, 6.45) is -1.76. The highest BCUT2D eigenvalue weighted by Gasteiger charge is 2.44. The van der Waals surface area contributed by atoms with Gasteiger partial charge in [0.05, 0.1) is 54.2 Å². The predicted molar refractivity (Wildman–Crippen MR) is 225 cm³/mol. The van der Waals surface area contributed by atoms with Crippen LogP contribution in [0.5, 0.6) is 0 Å². The number of piperidine rings is 1. The highest BCUT2D eigenvalue weighted by molar-refractivity contribution is 6.08. The van der Waals surface area contributed by atoms with E-state index < -0.39 is 48.8 Å². The summed E-state index contributed by atoms with van der Waals surface area (Å²) in [7, 11) is 1.66. The summed E-state index contributed by atoms with van der Waals surface area (Å²) < 4.78 is 79.3. The van der Waals surface area contributed by atoms with Crippen LogP contribution in [0, 0.1) is 17.8 Å². The van der Waals surface area contributed by atoms with E-state index in [1.807, 2.05) is 12.1 Å². The first-order valence-corrected chi connectivity index (χ1v) is 21.6. The second-order valence-corrected chi connectivity index (χ2v) is 17.0. The minimum absolute atomic E-state index is 0.0434. The standard InChI is InChI=1S/C43H47F5N12O5/c1-54-37-27(4-2-6-31(37)60(42(54)64)32-11-12-35(61)52-41(32)63)5-3-14-55-16-18-56(19-17-55)23-26-7-9-28(10-8-26)59-24-30(36(53-59)38(44)45)50-40(62)29-22-49-58-15-13-34(51-39(29)58)57-20-21-65-33(25-57)43(46,47)48/h2,4,6,13,15,22,24,26,28,32-33,38H,7-12,14,16-21,23,25H2,1H3,(H,50,62)(H,52,61,63)/t26-,28-,32?,33?. The van der Waals surface area contributed by atoms with E-state index in [0.29, 0.717) is 29.1 Å². The molecule has 0 bridgehead atoms. The zero-order chi connectivity index (χ0) is 45.6. The van der Waals surface area contributed by atoms with Crippen molar-refractivity contribution in [2.45, 2.75) is 69.3 Å². The summed E-state index contributed by atoms with van der Waals surface area (Å²) in [5.74, 6) is 5.54. The number of carbonyl (C=O) groups is 3. The van der Waals surface area contributed by atoms with E-state index in [-0.39, 0.29) is 66.3 Å². The molecule has 2 atom stereocenters. The van der Waals surface area contributed by atoms with Gasteiger partial charge in [0.25, 0.3) is 12.3 Å². The fourth-order valence-corrected chi connectivity index (χ4v) is 9.39. The molecule has 65 heavy (non-hydrogen) atoms. The summed E-state index contributed by atoms with van der Waals surface area (Å²) in [6.45, 7) is 4.38. The number of amides is 3. The normalized spacial score (nSPS) is 22.7. The van der Waals surface area contributed by atoms with Gasteiger partial charge < -0.3 is 19.9 Å². The van der Waals surface area contributed by atoms with Crippen molar-refractivity contribution in [2.24, 2.45) is 13.0 Å². The van der Waals surface area contributed by atoms with Gasteiger partial charge in [-0.1, -0.05) is 17.9 Å². The molecule has 3 aliphatic heterocycles. The molecule has 22 heteroatoms.